The van der Waals surface area contributed by atoms with E-state index in [9.17, 15) is 18.0 Å². The molecule has 1 saturated heterocycles. The minimum absolute atomic E-state index is 0.00713. The van der Waals surface area contributed by atoms with Crippen molar-refractivity contribution < 1.29 is 26.4 Å². The largest absolute Gasteiger partial charge is 0.506 e. The highest BCUT2D eigenvalue weighted by atomic mass is 32.3. The smallest absolute Gasteiger partial charge is 0.318 e. The highest BCUT2D eigenvalue weighted by Gasteiger charge is 2.30. The van der Waals surface area contributed by atoms with Gasteiger partial charge < -0.3 is 14.1 Å². The van der Waals surface area contributed by atoms with Crippen molar-refractivity contribution in [2.75, 3.05) is 0 Å². The van der Waals surface area contributed by atoms with E-state index in [0.717, 1.165) is 0 Å². The van der Waals surface area contributed by atoms with Crippen molar-refractivity contribution in [2.24, 2.45) is 5.73 Å². The Morgan fingerprint density at radius 2 is 1.92 bits per heavy atom. The van der Waals surface area contributed by atoms with Gasteiger partial charge in [0.15, 0.2) is 0 Å². The average molecular weight is 209 g/mol. The molecule has 0 aromatic rings. The molecule has 2 N–H and O–H groups in total. The quantitative estimate of drug-likeness (QED) is 0.513. The number of hydrogen-bond donors (Lipinski definition) is 1. The maximum absolute atomic E-state index is 10.8. The molecule has 0 spiro atoms. The summed E-state index contributed by atoms with van der Waals surface area (Å²) in [5.74, 6) is -2.10. The third kappa shape index (κ3) is 2.67. The second-order valence-electron chi connectivity index (χ2n) is 2.41. The predicted molar refractivity (Wildman–Crippen MR) is 38.3 cm³/mol. The fourth-order valence-electron chi connectivity index (χ4n) is 0.726. The summed E-state index contributed by atoms with van der Waals surface area (Å²) in [5, 5.41) is 0. The molecule has 7 nitrogen and oxygen atoms in total. The number of carbonyl (C=O) groups is 2. The topological polar surface area (TPSA) is 113 Å². The molecule has 0 saturated carbocycles. The molecule has 1 aliphatic heterocycles. The Morgan fingerprint density at radius 1 is 1.31 bits per heavy atom. The van der Waals surface area contributed by atoms with Crippen LogP contribution in [0.3, 0.4) is 0 Å². The maximum Gasteiger partial charge on any atom is 0.506 e. The summed E-state index contributed by atoms with van der Waals surface area (Å²) in [4.78, 5) is 21.4. The Balaban J connectivity index is 2.86. The van der Waals surface area contributed by atoms with Gasteiger partial charge in [0.25, 0.3) is 0 Å². The second-order valence-corrected chi connectivity index (χ2v) is 3.56. The van der Waals surface area contributed by atoms with Crippen LogP contribution in [-0.2, 0) is 28.4 Å². The molecule has 8 heteroatoms. The van der Waals surface area contributed by atoms with Crippen molar-refractivity contribution in [1.82, 2.24) is 0 Å². The lowest BCUT2D eigenvalue weighted by Gasteiger charge is -2.13. The molecule has 0 aromatic carbocycles. The standard InChI is InChI=1S/C5H7NO6S/c6-3-1-2-4(7)11-13(9,10)12-5(3)8/h3H,1-2,6H2/t3-/m0/s1. The molecule has 1 rings (SSSR count). The highest BCUT2D eigenvalue weighted by molar-refractivity contribution is 7.82. The molecule has 1 fully saturated rings. The summed E-state index contributed by atoms with van der Waals surface area (Å²) in [6.07, 6.45) is -0.220. The lowest BCUT2D eigenvalue weighted by atomic mass is 10.2. The molecule has 0 aromatic heterocycles. The molecule has 0 unspecified atom stereocenters. The summed E-state index contributed by atoms with van der Waals surface area (Å²) < 4.78 is 29.0. The van der Waals surface area contributed by atoms with E-state index in [0.29, 0.717) is 0 Å². The van der Waals surface area contributed by atoms with Gasteiger partial charge in [0, 0.05) is 6.42 Å². The molecule has 0 aliphatic carbocycles. The van der Waals surface area contributed by atoms with Crippen molar-refractivity contribution in [3.8, 4) is 0 Å². The monoisotopic (exact) mass is 209 g/mol. The summed E-state index contributed by atoms with van der Waals surface area (Å²) in [6.45, 7) is 0. The van der Waals surface area contributed by atoms with Crippen LogP contribution in [0.25, 0.3) is 0 Å². The molecule has 1 atom stereocenters. The van der Waals surface area contributed by atoms with E-state index in [1.54, 1.807) is 0 Å². The third-order valence-corrected chi connectivity index (χ3v) is 2.10. The van der Waals surface area contributed by atoms with Crippen LogP contribution in [0.15, 0.2) is 0 Å². The van der Waals surface area contributed by atoms with Crippen LogP contribution in [0.2, 0.25) is 0 Å². The van der Waals surface area contributed by atoms with Gasteiger partial charge in [-0.2, -0.15) is 0 Å². The Bertz CT molecular complexity index is 333. The van der Waals surface area contributed by atoms with Gasteiger partial charge in [0.05, 0.1) is 0 Å². The Hall–Kier alpha value is -1.15. The summed E-state index contributed by atoms with van der Waals surface area (Å²) in [6, 6.07) is -1.11. The van der Waals surface area contributed by atoms with Crippen LogP contribution in [0.1, 0.15) is 12.8 Å². The average Bonchev–Trinajstić information content (AvgIpc) is 1.96. The SMILES string of the molecule is N[C@H]1CCC(=O)OS(=O)(=O)OC1=O. The highest BCUT2D eigenvalue weighted by Crippen LogP contribution is 2.09. The van der Waals surface area contributed by atoms with E-state index in [-0.39, 0.29) is 12.8 Å². The molecule has 13 heavy (non-hydrogen) atoms. The Kier molecular flexibility index (Phi) is 2.52. The molecule has 0 radical (unpaired) electrons. The lowest BCUT2D eigenvalue weighted by Crippen LogP contribution is -2.37. The summed E-state index contributed by atoms with van der Waals surface area (Å²) >= 11 is 0. The first kappa shape index (κ1) is 9.93. The van der Waals surface area contributed by atoms with Crippen molar-refractivity contribution in [2.45, 2.75) is 18.9 Å². The van der Waals surface area contributed by atoms with Crippen molar-refractivity contribution in [3.63, 3.8) is 0 Å². The Morgan fingerprint density at radius 3 is 2.54 bits per heavy atom. The number of hydrogen-bond acceptors (Lipinski definition) is 7. The van der Waals surface area contributed by atoms with E-state index in [2.05, 4.69) is 8.37 Å². The molecular formula is C5H7NO6S. The zero-order chi connectivity index (χ0) is 10.1. The second kappa shape index (κ2) is 3.30. The first-order valence-electron chi connectivity index (χ1n) is 3.37. The maximum atomic E-state index is 10.8. The van der Waals surface area contributed by atoms with Crippen molar-refractivity contribution >= 4 is 22.3 Å². The predicted octanol–water partition coefficient (Wildman–Crippen LogP) is -1.56. The van der Waals surface area contributed by atoms with Gasteiger partial charge in [-0.15, -0.1) is 8.42 Å². The van der Waals surface area contributed by atoms with E-state index in [4.69, 9.17) is 5.73 Å². The van der Waals surface area contributed by atoms with Crippen molar-refractivity contribution in [3.05, 3.63) is 0 Å². The summed E-state index contributed by atoms with van der Waals surface area (Å²) in [7, 11) is -4.55. The molecule has 0 amide bonds. The molecule has 1 aliphatic rings. The van der Waals surface area contributed by atoms with Crippen LogP contribution >= 0.6 is 0 Å². The van der Waals surface area contributed by atoms with E-state index < -0.39 is 28.4 Å². The van der Waals surface area contributed by atoms with Gasteiger partial charge in [-0.05, 0) is 6.42 Å². The fourth-order valence-corrected chi connectivity index (χ4v) is 1.40. The normalized spacial score (nSPS) is 28.2. The van der Waals surface area contributed by atoms with Gasteiger partial charge in [-0.3, -0.25) is 4.79 Å². The van der Waals surface area contributed by atoms with Crippen LogP contribution in [-0.4, -0.2) is 26.4 Å². The third-order valence-electron chi connectivity index (χ3n) is 1.34. The van der Waals surface area contributed by atoms with Gasteiger partial charge in [-0.25, -0.2) is 4.79 Å². The molecule has 1 heterocycles. The van der Waals surface area contributed by atoms with Crippen LogP contribution in [0.4, 0.5) is 0 Å². The van der Waals surface area contributed by atoms with Gasteiger partial charge >= 0.3 is 22.3 Å². The fraction of sp³-hybridized carbons (Fsp3) is 0.600. The van der Waals surface area contributed by atoms with E-state index >= 15 is 0 Å². The first-order chi connectivity index (χ1) is 5.91. The molecular weight excluding hydrogens is 202 g/mol. The minimum atomic E-state index is -4.55. The van der Waals surface area contributed by atoms with Gasteiger partial charge in [0.2, 0.25) is 0 Å². The van der Waals surface area contributed by atoms with Crippen LogP contribution in [0, 0.1) is 0 Å². The zero-order valence-electron chi connectivity index (χ0n) is 6.43. The van der Waals surface area contributed by atoms with Gasteiger partial charge in [-0.1, -0.05) is 0 Å². The molecule has 74 valence electrons. The van der Waals surface area contributed by atoms with Crippen molar-refractivity contribution in [1.29, 1.82) is 0 Å². The van der Waals surface area contributed by atoms with Crippen LogP contribution < -0.4 is 5.73 Å². The van der Waals surface area contributed by atoms with Gasteiger partial charge in [0.1, 0.15) is 6.04 Å². The Labute approximate surface area is 74.1 Å². The van der Waals surface area contributed by atoms with E-state index in [1.165, 1.54) is 0 Å². The number of carbonyl (C=O) groups excluding carboxylic acids is 2. The lowest BCUT2D eigenvalue weighted by molar-refractivity contribution is -0.141. The first-order valence-corrected chi connectivity index (χ1v) is 4.70. The number of rotatable bonds is 0. The van der Waals surface area contributed by atoms with Crippen LogP contribution in [0.5, 0.6) is 0 Å². The number of nitrogens with two attached hydrogens (primary N) is 1. The minimum Gasteiger partial charge on any atom is -0.318 e. The zero-order valence-corrected chi connectivity index (χ0v) is 7.24. The summed E-state index contributed by atoms with van der Waals surface area (Å²) in [5.41, 5.74) is 5.18. The molecule has 0 bridgehead atoms. The van der Waals surface area contributed by atoms with E-state index in [1.807, 2.05) is 0 Å².